The van der Waals surface area contributed by atoms with Crippen LogP contribution in [0.3, 0.4) is 0 Å². The van der Waals surface area contributed by atoms with Gasteiger partial charge in [0.15, 0.2) is 11.6 Å². The topological polar surface area (TPSA) is 49.3 Å². The van der Waals surface area contributed by atoms with Crippen molar-refractivity contribution in [2.24, 2.45) is 0 Å². The number of hydrogen-bond acceptors (Lipinski definition) is 4. The molecule has 22 heavy (non-hydrogen) atoms. The Morgan fingerprint density at radius 1 is 1.14 bits per heavy atom. The summed E-state index contributed by atoms with van der Waals surface area (Å²) in [6, 6.07) is 3.68. The monoisotopic (exact) mass is 304 g/mol. The predicted molar refractivity (Wildman–Crippen MR) is 76.0 cm³/mol. The minimum absolute atomic E-state index is 0.0818. The van der Waals surface area contributed by atoms with Gasteiger partial charge in [-0.2, -0.15) is 0 Å². The number of benzene rings is 1. The quantitative estimate of drug-likeness (QED) is 0.864. The Labute approximate surface area is 126 Å². The smallest absolute Gasteiger partial charge is 0.242 e. The second-order valence-corrected chi connectivity index (χ2v) is 5.05. The number of amides is 1. The first-order valence-corrected chi connectivity index (χ1v) is 6.86. The highest BCUT2D eigenvalue weighted by molar-refractivity contribution is 5.82. The Morgan fingerprint density at radius 3 is 2.68 bits per heavy atom. The van der Waals surface area contributed by atoms with Gasteiger partial charge in [-0.1, -0.05) is 6.07 Å². The summed E-state index contributed by atoms with van der Waals surface area (Å²) in [6.07, 6.45) is 4.76. The van der Waals surface area contributed by atoms with Gasteiger partial charge in [-0.05, 0) is 17.7 Å². The summed E-state index contributed by atoms with van der Waals surface area (Å²) in [7, 11) is 0. The number of hydrogen-bond donors (Lipinski definition) is 0. The van der Waals surface area contributed by atoms with E-state index in [4.69, 9.17) is 0 Å². The first-order chi connectivity index (χ1) is 10.6. The first kappa shape index (κ1) is 14.4. The third-order valence-corrected chi connectivity index (χ3v) is 3.55. The summed E-state index contributed by atoms with van der Waals surface area (Å²) < 4.78 is 26.1. The zero-order valence-electron chi connectivity index (χ0n) is 11.7. The number of carbonyl (C=O) groups is 1. The van der Waals surface area contributed by atoms with Gasteiger partial charge >= 0.3 is 0 Å². The molecule has 0 saturated carbocycles. The number of anilines is 1. The summed E-state index contributed by atoms with van der Waals surface area (Å²) in [5.41, 5.74) is 0.570. The molecule has 1 saturated heterocycles. The normalized spacial score (nSPS) is 15.3. The highest BCUT2D eigenvalue weighted by atomic mass is 19.2. The predicted octanol–water partition coefficient (Wildman–Crippen LogP) is 1.60. The third kappa shape index (κ3) is 3.03. The minimum Gasteiger partial charge on any atom is -0.344 e. The molecule has 1 aromatic carbocycles. The van der Waals surface area contributed by atoms with Crippen molar-refractivity contribution in [3.8, 4) is 0 Å². The Kier molecular flexibility index (Phi) is 3.95. The minimum atomic E-state index is -0.900. The van der Waals surface area contributed by atoms with E-state index in [1.807, 2.05) is 4.90 Å². The lowest BCUT2D eigenvalue weighted by molar-refractivity contribution is -0.131. The first-order valence-electron chi connectivity index (χ1n) is 6.86. The number of nitrogens with zero attached hydrogens (tertiary/aromatic N) is 4. The van der Waals surface area contributed by atoms with E-state index in [0.717, 1.165) is 12.1 Å². The van der Waals surface area contributed by atoms with Crippen molar-refractivity contribution in [2.45, 2.75) is 6.54 Å². The maximum Gasteiger partial charge on any atom is 0.242 e. The van der Waals surface area contributed by atoms with Gasteiger partial charge in [0.25, 0.3) is 0 Å². The largest absolute Gasteiger partial charge is 0.344 e. The second-order valence-electron chi connectivity index (χ2n) is 5.05. The number of halogens is 2. The lowest BCUT2D eigenvalue weighted by Crippen LogP contribution is -2.50. The Balaban J connectivity index is 1.66. The van der Waals surface area contributed by atoms with Crippen LogP contribution in [0, 0.1) is 11.6 Å². The van der Waals surface area contributed by atoms with E-state index >= 15 is 0 Å². The summed E-state index contributed by atoms with van der Waals surface area (Å²) >= 11 is 0. The Hall–Kier alpha value is -2.57. The van der Waals surface area contributed by atoms with Crippen molar-refractivity contribution in [1.29, 1.82) is 0 Å². The standard InChI is InChI=1S/C15H14F2N4O/c16-12-2-1-11(7-13(12)17)9-21-6-5-20(10-15(21)22)14-8-18-3-4-19-14/h1-4,7-8H,5-6,9-10H2. The van der Waals surface area contributed by atoms with Crippen molar-refractivity contribution in [3.05, 3.63) is 54.0 Å². The zero-order valence-corrected chi connectivity index (χ0v) is 11.7. The van der Waals surface area contributed by atoms with Crippen molar-refractivity contribution < 1.29 is 13.6 Å². The van der Waals surface area contributed by atoms with Crippen molar-refractivity contribution in [1.82, 2.24) is 14.9 Å². The van der Waals surface area contributed by atoms with Crippen LogP contribution in [0.2, 0.25) is 0 Å². The molecule has 1 fully saturated rings. The summed E-state index contributed by atoms with van der Waals surface area (Å²) in [5, 5.41) is 0. The number of carbonyl (C=O) groups excluding carboxylic acids is 1. The molecule has 0 spiro atoms. The summed E-state index contributed by atoms with van der Waals surface area (Å²) in [6.45, 7) is 1.58. The molecule has 0 atom stereocenters. The molecule has 1 amide bonds. The van der Waals surface area contributed by atoms with Crippen LogP contribution in [0.5, 0.6) is 0 Å². The Morgan fingerprint density at radius 2 is 2.00 bits per heavy atom. The maximum atomic E-state index is 13.2. The summed E-state index contributed by atoms with van der Waals surface area (Å²) in [5.74, 6) is -1.21. The van der Waals surface area contributed by atoms with Gasteiger partial charge < -0.3 is 9.80 Å². The van der Waals surface area contributed by atoms with Crippen molar-refractivity contribution >= 4 is 11.7 Å². The van der Waals surface area contributed by atoms with Crippen molar-refractivity contribution in [3.63, 3.8) is 0 Å². The molecule has 3 rings (SSSR count). The van der Waals surface area contributed by atoms with E-state index in [9.17, 15) is 13.6 Å². The van der Waals surface area contributed by atoms with Crippen LogP contribution in [0.15, 0.2) is 36.8 Å². The van der Waals surface area contributed by atoms with Crippen LogP contribution < -0.4 is 4.90 Å². The van der Waals surface area contributed by atoms with E-state index in [2.05, 4.69) is 9.97 Å². The molecule has 0 aliphatic carbocycles. The zero-order chi connectivity index (χ0) is 15.5. The molecule has 1 aromatic heterocycles. The van der Waals surface area contributed by atoms with E-state index in [1.54, 1.807) is 23.5 Å². The Bertz CT molecular complexity index is 680. The van der Waals surface area contributed by atoms with Crippen LogP contribution in [-0.2, 0) is 11.3 Å². The van der Waals surface area contributed by atoms with Gasteiger partial charge in [0, 0.05) is 32.0 Å². The van der Waals surface area contributed by atoms with Gasteiger partial charge in [0.2, 0.25) is 5.91 Å². The molecule has 1 aliphatic rings. The van der Waals surface area contributed by atoms with Crippen LogP contribution in [-0.4, -0.2) is 40.4 Å². The lowest BCUT2D eigenvalue weighted by atomic mass is 10.2. The highest BCUT2D eigenvalue weighted by Crippen LogP contribution is 2.16. The molecule has 114 valence electrons. The SMILES string of the molecule is O=C1CN(c2cnccn2)CCN1Cc1ccc(F)c(F)c1. The highest BCUT2D eigenvalue weighted by Gasteiger charge is 2.25. The maximum absolute atomic E-state index is 13.2. The summed E-state index contributed by atoms with van der Waals surface area (Å²) in [4.78, 5) is 23.8. The number of aromatic nitrogens is 2. The molecule has 0 bridgehead atoms. The molecule has 7 heteroatoms. The molecule has 1 aliphatic heterocycles. The molecule has 0 N–H and O–H groups in total. The van der Waals surface area contributed by atoms with Gasteiger partial charge in [0.1, 0.15) is 5.82 Å². The fourth-order valence-electron chi connectivity index (χ4n) is 2.38. The van der Waals surface area contributed by atoms with Gasteiger partial charge in [-0.3, -0.25) is 9.78 Å². The molecular weight excluding hydrogens is 290 g/mol. The van der Waals surface area contributed by atoms with E-state index in [-0.39, 0.29) is 19.0 Å². The van der Waals surface area contributed by atoms with Crippen LogP contribution in [0.4, 0.5) is 14.6 Å². The van der Waals surface area contributed by atoms with Gasteiger partial charge in [0.05, 0.1) is 12.7 Å². The van der Waals surface area contributed by atoms with Gasteiger partial charge in [-0.25, -0.2) is 13.8 Å². The lowest BCUT2D eigenvalue weighted by Gasteiger charge is -2.34. The van der Waals surface area contributed by atoms with E-state index < -0.39 is 11.6 Å². The molecule has 0 radical (unpaired) electrons. The number of rotatable bonds is 3. The second kappa shape index (κ2) is 6.05. The molecule has 5 nitrogen and oxygen atoms in total. The third-order valence-electron chi connectivity index (χ3n) is 3.55. The molecular formula is C15H14F2N4O. The van der Waals surface area contributed by atoms with Crippen LogP contribution >= 0.6 is 0 Å². The van der Waals surface area contributed by atoms with Crippen LogP contribution in [0.25, 0.3) is 0 Å². The average molecular weight is 304 g/mol. The van der Waals surface area contributed by atoms with E-state index in [0.29, 0.717) is 24.5 Å². The van der Waals surface area contributed by atoms with E-state index in [1.165, 1.54) is 6.07 Å². The van der Waals surface area contributed by atoms with Crippen LogP contribution in [0.1, 0.15) is 5.56 Å². The number of piperazine rings is 1. The van der Waals surface area contributed by atoms with Crippen molar-refractivity contribution in [2.75, 3.05) is 24.5 Å². The fourth-order valence-corrected chi connectivity index (χ4v) is 2.38. The molecule has 0 unspecified atom stereocenters. The molecule has 2 heterocycles. The molecule has 2 aromatic rings. The van der Waals surface area contributed by atoms with Gasteiger partial charge in [-0.15, -0.1) is 0 Å². The average Bonchev–Trinajstić information content (AvgIpc) is 2.54. The fraction of sp³-hybridized carbons (Fsp3) is 0.267.